The molecule has 0 aromatic heterocycles. The van der Waals surface area contributed by atoms with E-state index < -0.39 is 18.7 Å². The van der Waals surface area contributed by atoms with Gasteiger partial charge in [-0.15, -0.1) is 0 Å². The average Bonchev–Trinajstić information content (AvgIpc) is 2.27. The Kier molecular flexibility index (Phi) is 4.80. The second kappa shape index (κ2) is 6.16. The quantitative estimate of drug-likeness (QED) is 0.693. The van der Waals surface area contributed by atoms with E-state index >= 15 is 0 Å². The number of carbonyl (C=O) groups excluding carboxylic acids is 1. The highest BCUT2D eigenvalue weighted by atomic mass is 16.5. The lowest BCUT2D eigenvalue weighted by molar-refractivity contribution is -0.147. The summed E-state index contributed by atoms with van der Waals surface area (Å²) in [6, 6.07) is 9.27. The summed E-state index contributed by atoms with van der Waals surface area (Å²) in [7, 11) is 0. The third-order valence-electron chi connectivity index (χ3n) is 1.86. The van der Waals surface area contributed by atoms with Gasteiger partial charge in [0.1, 0.15) is 6.61 Å². The second-order valence-corrected chi connectivity index (χ2v) is 3.19. The van der Waals surface area contributed by atoms with Gasteiger partial charge >= 0.3 is 5.97 Å². The Morgan fingerprint density at radius 1 is 1.33 bits per heavy atom. The normalized spacial score (nSPS) is 12.1. The highest BCUT2D eigenvalue weighted by Crippen LogP contribution is 2.02. The maximum absolute atomic E-state index is 11.1. The Balaban J connectivity index is 2.29. The predicted molar refractivity (Wildman–Crippen MR) is 53.9 cm³/mol. The molecule has 0 saturated heterocycles. The summed E-state index contributed by atoms with van der Waals surface area (Å²) >= 11 is 0. The molecule has 1 aromatic carbocycles. The molecule has 0 radical (unpaired) electrons. The summed E-state index contributed by atoms with van der Waals surface area (Å²) in [5.41, 5.74) is 0.893. The summed E-state index contributed by atoms with van der Waals surface area (Å²) in [6.45, 7) is -0.238. The Morgan fingerprint density at radius 2 is 2.00 bits per heavy atom. The molecule has 82 valence electrons. The summed E-state index contributed by atoms with van der Waals surface area (Å²) < 4.78 is 4.89. The molecule has 0 bridgehead atoms. The van der Waals surface area contributed by atoms with E-state index in [0.29, 0.717) is 0 Å². The SMILES string of the molecule is O=C(CC(O)CO)OCc1ccccc1. The maximum atomic E-state index is 11.1. The standard InChI is InChI=1S/C11H14O4/c12-7-10(13)6-11(14)15-8-9-4-2-1-3-5-9/h1-5,10,12-13H,6-8H2. The molecule has 0 aliphatic rings. The van der Waals surface area contributed by atoms with Gasteiger partial charge in [0.2, 0.25) is 0 Å². The van der Waals surface area contributed by atoms with Crippen LogP contribution in [-0.2, 0) is 16.1 Å². The molecule has 1 unspecified atom stereocenters. The van der Waals surface area contributed by atoms with Gasteiger partial charge in [-0.05, 0) is 5.56 Å². The Morgan fingerprint density at radius 3 is 2.60 bits per heavy atom. The van der Waals surface area contributed by atoms with Crippen LogP contribution in [0.5, 0.6) is 0 Å². The van der Waals surface area contributed by atoms with Gasteiger partial charge in [0.25, 0.3) is 0 Å². The molecule has 1 atom stereocenters. The summed E-state index contributed by atoms with van der Waals surface area (Å²) in [5, 5.41) is 17.5. The van der Waals surface area contributed by atoms with Crippen molar-refractivity contribution in [1.82, 2.24) is 0 Å². The highest BCUT2D eigenvalue weighted by Gasteiger charge is 2.10. The van der Waals surface area contributed by atoms with Crippen molar-refractivity contribution in [3.05, 3.63) is 35.9 Å². The van der Waals surface area contributed by atoms with E-state index in [2.05, 4.69) is 0 Å². The van der Waals surface area contributed by atoms with Crippen LogP contribution in [0.25, 0.3) is 0 Å². The van der Waals surface area contributed by atoms with Crippen molar-refractivity contribution in [2.24, 2.45) is 0 Å². The van der Waals surface area contributed by atoms with E-state index in [0.717, 1.165) is 5.56 Å². The number of hydrogen-bond donors (Lipinski definition) is 2. The van der Waals surface area contributed by atoms with Crippen molar-refractivity contribution in [1.29, 1.82) is 0 Å². The molecule has 0 saturated carbocycles. The molecule has 0 spiro atoms. The topological polar surface area (TPSA) is 66.8 Å². The van der Waals surface area contributed by atoms with E-state index in [-0.39, 0.29) is 13.0 Å². The van der Waals surface area contributed by atoms with Crippen molar-refractivity contribution in [2.75, 3.05) is 6.61 Å². The highest BCUT2D eigenvalue weighted by molar-refractivity contribution is 5.69. The van der Waals surface area contributed by atoms with E-state index in [4.69, 9.17) is 14.9 Å². The molecule has 15 heavy (non-hydrogen) atoms. The summed E-state index contributed by atoms with van der Waals surface area (Å²) in [6.07, 6.45) is -1.21. The Labute approximate surface area is 88.1 Å². The van der Waals surface area contributed by atoms with Crippen LogP contribution in [0.15, 0.2) is 30.3 Å². The number of aliphatic hydroxyl groups is 2. The molecular weight excluding hydrogens is 196 g/mol. The summed E-state index contributed by atoms with van der Waals surface area (Å²) in [4.78, 5) is 11.1. The number of hydrogen-bond acceptors (Lipinski definition) is 4. The van der Waals surface area contributed by atoms with Gasteiger partial charge in [0.05, 0.1) is 19.1 Å². The van der Waals surface area contributed by atoms with Gasteiger partial charge in [0.15, 0.2) is 0 Å². The fraction of sp³-hybridized carbons (Fsp3) is 0.364. The lowest BCUT2D eigenvalue weighted by Crippen LogP contribution is -2.18. The Hall–Kier alpha value is -1.39. The molecule has 0 aliphatic carbocycles. The molecule has 0 aliphatic heterocycles. The first-order chi connectivity index (χ1) is 7.22. The third kappa shape index (κ3) is 4.58. The minimum Gasteiger partial charge on any atom is -0.461 e. The van der Waals surface area contributed by atoms with E-state index in [1.165, 1.54) is 0 Å². The number of rotatable bonds is 5. The first-order valence-electron chi connectivity index (χ1n) is 4.71. The maximum Gasteiger partial charge on any atom is 0.308 e. The van der Waals surface area contributed by atoms with Crippen LogP contribution in [-0.4, -0.2) is 28.9 Å². The molecule has 0 fully saturated rings. The van der Waals surface area contributed by atoms with Crippen molar-refractivity contribution < 1.29 is 19.7 Å². The molecule has 2 N–H and O–H groups in total. The minimum absolute atomic E-state index is 0.177. The minimum atomic E-state index is -1.03. The fourth-order valence-electron chi connectivity index (χ4n) is 1.05. The molecule has 1 rings (SSSR count). The van der Waals surface area contributed by atoms with Gasteiger partial charge in [-0.3, -0.25) is 4.79 Å². The van der Waals surface area contributed by atoms with Crippen LogP contribution in [0.1, 0.15) is 12.0 Å². The second-order valence-electron chi connectivity index (χ2n) is 3.19. The molecule has 4 heteroatoms. The summed E-state index contributed by atoms with van der Waals surface area (Å²) in [5.74, 6) is -0.514. The van der Waals surface area contributed by atoms with Gasteiger partial charge in [0, 0.05) is 0 Å². The molecule has 0 heterocycles. The van der Waals surface area contributed by atoms with Crippen LogP contribution < -0.4 is 0 Å². The first-order valence-corrected chi connectivity index (χ1v) is 4.71. The van der Waals surface area contributed by atoms with Crippen LogP contribution >= 0.6 is 0 Å². The largest absolute Gasteiger partial charge is 0.461 e. The molecule has 4 nitrogen and oxygen atoms in total. The zero-order valence-electron chi connectivity index (χ0n) is 8.30. The lowest BCUT2D eigenvalue weighted by atomic mass is 10.2. The van der Waals surface area contributed by atoms with Gasteiger partial charge < -0.3 is 14.9 Å². The van der Waals surface area contributed by atoms with Gasteiger partial charge in [-0.2, -0.15) is 0 Å². The molecule has 0 amide bonds. The average molecular weight is 210 g/mol. The number of ether oxygens (including phenoxy) is 1. The van der Waals surface area contributed by atoms with Crippen LogP contribution in [0.3, 0.4) is 0 Å². The number of benzene rings is 1. The van der Waals surface area contributed by atoms with Gasteiger partial charge in [-0.1, -0.05) is 30.3 Å². The Bertz CT molecular complexity index is 297. The van der Waals surface area contributed by atoms with E-state index in [1.807, 2.05) is 30.3 Å². The molecular formula is C11H14O4. The van der Waals surface area contributed by atoms with E-state index in [1.54, 1.807) is 0 Å². The van der Waals surface area contributed by atoms with Crippen LogP contribution in [0.4, 0.5) is 0 Å². The zero-order valence-corrected chi connectivity index (χ0v) is 8.30. The van der Waals surface area contributed by atoms with Crippen molar-refractivity contribution in [3.63, 3.8) is 0 Å². The number of esters is 1. The predicted octanol–water partition coefficient (Wildman–Crippen LogP) is 0.473. The van der Waals surface area contributed by atoms with Crippen molar-refractivity contribution in [3.8, 4) is 0 Å². The monoisotopic (exact) mass is 210 g/mol. The van der Waals surface area contributed by atoms with Gasteiger partial charge in [-0.25, -0.2) is 0 Å². The first kappa shape index (κ1) is 11.7. The lowest BCUT2D eigenvalue weighted by Gasteiger charge is -2.07. The van der Waals surface area contributed by atoms with Crippen LogP contribution in [0.2, 0.25) is 0 Å². The zero-order chi connectivity index (χ0) is 11.1. The third-order valence-corrected chi connectivity index (χ3v) is 1.86. The van der Waals surface area contributed by atoms with Crippen LogP contribution in [0, 0.1) is 0 Å². The van der Waals surface area contributed by atoms with Crippen molar-refractivity contribution >= 4 is 5.97 Å². The number of carbonyl (C=O) groups is 1. The smallest absolute Gasteiger partial charge is 0.308 e. The van der Waals surface area contributed by atoms with Crippen molar-refractivity contribution in [2.45, 2.75) is 19.1 Å². The molecule has 1 aromatic rings. The fourth-order valence-corrected chi connectivity index (χ4v) is 1.05. The number of aliphatic hydroxyl groups excluding tert-OH is 2. The van der Waals surface area contributed by atoms with E-state index in [9.17, 15) is 4.79 Å².